The van der Waals surface area contributed by atoms with E-state index in [4.69, 9.17) is 4.74 Å². The smallest absolute Gasteiger partial charge is 0.408 e. The zero-order valence-corrected chi connectivity index (χ0v) is 26.2. The van der Waals surface area contributed by atoms with E-state index in [-0.39, 0.29) is 17.7 Å². The van der Waals surface area contributed by atoms with Gasteiger partial charge in [-0.3, -0.25) is 9.59 Å². The Bertz CT molecular complexity index is 1090. The van der Waals surface area contributed by atoms with E-state index in [1.165, 1.54) is 6.42 Å². The van der Waals surface area contributed by atoms with Crippen LogP contribution in [-0.4, -0.2) is 41.0 Å². The van der Waals surface area contributed by atoms with E-state index in [9.17, 15) is 14.4 Å². The number of carbonyl (C=O) groups is 3. The number of hydrogen-bond acceptors (Lipinski definition) is 4. The van der Waals surface area contributed by atoms with E-state index in [1.807, 2.05) is 75.4 Å². The quantitative estimate of drug-likeness (QED) is 0.226. The number of rotatable bonds is 15. The Morgan fingerprint density at radius 2 is 1.56 bits per heavy atom. The van der Waals surface area contributed by atoms with E-state index in [0.29, 0.717) is 13.1 Å². The van der Waals surface area contributed by atoms with Crippen LogP contribution in [-0.2, 0) is 20.9 Å². The van der Waals surface area contributed by atoms with Crippen molar-refractivity contribution in [3.63, 3.8) is 0 Å². The van der Waals surface area contributed by atoms with Gasteiger partial charge in [-0.1, -0.05) is 113 Å². The van der Waals surface area contributed by atoms with Crippen molar-refractivity contribution in [3.05, 3.63) is 71.3 Å². The first-order valence-electron chi connectivity index (χ1n) is 15.1. The summed E-state index contributed by atoms with van der Waals surface area (Å²) in [6.07, 6.45) is 5.65. The fourth-order valence-corrected chi connectivity index (χ4v) is 4.75. The molecule has 226 valence electrons. The van der Waals surface area contributed by atoms with Gasteiger partial charge in [0.1, 0.15) is 17.7 Å². The Kier molecular flexibility index (Phi) is 13.9. The van der Waals surface area contributed by atoms with Crippen LogP contribution in [0.4, 0.5) is 4.79 Å². The Morgan fingerprint density at radius 1 is 0.902 bits per heavy atom. The maximum atomic E-state index is 14.3. The monoisotopic (exact) mass is 565 g/mol. The summed E-state index contributed by atoms with van der Waals surface area (Å²) >= 11 is 0. The maximum Gasteiger partial charge on any atom is 0.408 e. The molecule has 2 atom stereocenters. The van der Waals surface area contributed by atoms with E-state index in [0.717, 1.165) is 48.8 Å². The maximum absolute atomic E-state index is 14.3. The lowest BCUT2D eigenvalue weighted by Crippen LogP contribution is -2.55. The Balaban J connectivity index is 2.43. The minimum Gasteiger partial charge on any atom is -0.444 e. The van der Waals surface area contributed by atoms with Gasteiger partial charge < -0.3 is 20.3 Å². The molecule has 0 radical (unpaired) electrons. The first-order valence-corrected chi connectivity index (χ1v) is 15.1. The number of alkyl carbamates (subject to hydrolysis) is 1. The summed E-state index contributed by atoms with van der Waals surface area (Å²) < 4.78 is 5.48. The van der Waals surface area contributed by atoms with E-state index >= 15 is 0 Å². The van der Waals surface area contributed by atoms with Crippen molar-refractivity contribution in [2.45, 2.75) is 111 Å². The number of aryl methyl sites for hydroxylation is 1. The van der Waals surface area contributed by atoms with Crippen molar-refractivity contribution in [1.29, 1.82) is 0 Å². The van der Waals surface area contributed by atoms with E-state index in [1.54, 1.807) is 25.7 Å². The van der Waals surface area contributed by atoms with Crippen LogP contribution in [0.5, 0.6) is 0 Å². The number of amides is 3. The molecular weight excluding hydrogens is 514 g/mol. The van der Waals surface area contributed by atoms with Crippen LogP contribution in [0.1, 0.15) is 103 Å². The molecule has 7 nitrogen and oxygen atoms in total. The highest BCUT2D eigenvalue weighted by Crippen LogP contribution is 2.26. The third-order valence-electron chi connectivity index (χ3n) is 6.87. The first kappa shape index (κ1) is 33.9. The number of hydrogen-bond donors (Lipinski definition) is 2. The minimum atomic E-state index is -0.848. The fourth-order valence-electron chi connectivity index (χ4n) is 4.75. The van der Waals surface area contributed by atoms with Crippen molar-refractivity contribution < 1.29 is 19.1 Å². The third-order valence-corrected chi connectivity index (χ3v) is 6.87. The van der Waals surface area contributed by atoms with Crippen molar-refractivity contribution in [1.82, 2.24) is 15.5 Å². The van der Waals surface area contributed by atoms with Gasteiger partial charge in [-0.25, -0.2) is 4.79 Å². The molecular formula is C34H51N3O4. The van der Waals surface area contributed by atoms with Gasteiger partial charge in [0.2, 0.25) is 11.8 Å². The second kappa shape index (κ2) is 16.8. The third kappa shape index (κ3) is 12.0. The van der Waals surface area contributed by atoms with Crippen LogP contribution in [0.15, 0.2) is 54.6 Å². The first-order chi connectivity index (χ1) is 19.4. The molecule has 0 spiro atoms. The van der Waals surface area contributed by atoms with Gasteiger partial charge in [0.15, 0.2) is 0 Å². The van der Waals surface area contributed by atoms with Crippen molar-refractivity contribution in [2.75, 3.05) is 6.54 Å². The summed E-state index contributed by atoms with van der Waals surface area (Å²) in [5.74, 6) is -0.757. The number of ether oxygens (including phenoxy) is 1. The van der Waals surface area contributed by atoms with Crippen LogP contribution in [0.25, 0.3) is 0 Å². The summed E-state index contributed by atoms with van der Waals surface area (Å²) in [5, 5.41) is 5.87. The molecule has 0 aliphatic heterocycles. The molecule has 0 saturated carbocycles. The number of nitrogens with one attached hydrogen (secondary N) is 2. The summed E-state index contributed by atoms with van der Waals surface area (Å²) in [7, 11) is 0. The number of nitrogens with zero attached hydrogens (tertiary/aromatic N) is 1. The molecule has 0 aromatic heterocycles. The molecule has 0 saturated heterocycles. The van der Waals surface area contributed by atoms with Crippen LogP contribution < -0.4 is 10.6 Å². The molecule has 2 rings (SSSR count). The average molecular weight is 566 g/mol. The highest BCUT2D eigenvalue weighted by Gasteiger charge is 2.37. The molecule has 7 heteroatoms. The highest BCUT2D eigenvalue weighted by molar-refractivity contribution is 5.92. The lowest BCUT2D eigenvalue weighted by atomic mass is 9.97. The minimum absolute atomic E-state index is 0.215. The molecule has 3 amide bonds. The predicted octanol–water partition coefficient (Wildman–Crippen LogP) is 7.09. The molecule has 41 heavy (non-hydrogen) atoms. The van der Waals surface area contributed by atoms with E-state index < -0.39 is 23.8 Å². The zero-order valence-electron chi connectivity index (χ0n) is 26.2. The SMILES string of the molecule is CCCCCCCCN(C(=O)C(NC(=O)OC(C)(C)C)C(C)C)C(C(=O)NCc1ccccc1)c1cccc(C)c1. The summed E-state index contributed by atoms with van der Waals surface area (Å²) in [5.41, 5.74) is 2.02. The lowest BCUT2D eigenvalue weighted by Gasteiger charge is -2.36. The predicted molar refractivity (Wildman–Crippen MR) is 165 cm³/mol. The number of unbranched alkanes of at least 4 members (excludes halogenated alkanes) is 5. The van der Waals surface area contributed by atoms with Gasteiger partial charge in [-0.05, 0) is 51.2 Å². The second-order valence-electron chi connectivity index (χ2n) is 12.2. The molecule has 0 aliphatic carbocycles. The molecule has 0 fully saturated rings. The molecule has 0 bridgehead atoms. The van der Waals surface area contributed by atoms with Crippen LogP contribution in [0.3, 0.4) is 0 Å². The van der Waals surface area contributed by atoms with E-state index in [2.05, 4.69) is 17.6 Å². The van der Waals surface area contributed by atoms with Crippen LogP contribution >= 0.6 is 0 Å². The van der Waals surface area contributed by atoms with Crippen molar-refractivity contribution >= 4 is 17.9 Å². The Labute approximate surface area is 247 Å². The van der Waals surface area contributed by atoms with Gasteiger partial charge in [0.25, 0.3) is 0 Å². The molecule has 0 aliphatic rings. The van der Waals surface area contributed by atoms with Gasteiger partial charge in [0.05, 0.1) is 0 Å². The second-order valence-corrected chi connectivity index (χ2v) is 12.2. The normalized spacial score (nSPS) is 12.9. The highest BCUT2D eigenvalue weighted by atomic mass is 16.6. The Morgan fingerprint density at radius 3 is 2.17 bits per heavy atom. The summed E-state index contributed by atoms with van der Waals surface area (Å²) in [6.45, 7) is 14.1. The number of benzene rings is 2. The number of carbonyl (C=O) groups excluding carboxylic acids is 3. The fraction of sp³-hybridized carbons (Fsp3) is 0.559. The van der Waals surface area contributed by atoms with Gasteiger partial charge in [-0.15, -0.1) is 0 Å². The molecule has 2 aromatic carbocycles. The molecule has 2 N–H and O–H groups in total. The lowest BCUT2D eigenvalue weighted by molar-refractivity contribution is -0.143. The van der Waals surface area contributed by atoms with Crippen molar-refractivity contribution in [3.8, 4) is 0 Å². The molecule has 2 unspecified atom stereocenters. The summed E-state index contributed by atoms with van der Waals surface area (Å²) in [4.78, 5) is 42.7. The van der Waals surface area contributed by atoms with Gasteiger partial charge in [-0.2, -0.15) is 0 Å². The van der Waals surface area contributed by atoms with Crippen LogP contribution in [0, 0.1) is 12.8 Å². The van der Waals surface area contributed by atoms with Gasteiger partial charge in [0, 0.05) is 13.1 Å². The van der Waals surface area contributed by atoms with Crippen molar-refractivity contribution in [2.24, 2.45) is 5.92 Å². The zero-order chi connectivity index (χ0) is 30.4. The Hall–Kier alpha value is -3.35. The molecule has 2 aromatic rings. The topological polar surface area (TPSA) is 87.7 Å². The standard InChI is InChI=1S/C34H51N3O4/c1-8-9-10-11-12-16-22-37(32(39)29(25(2)3)36-33(40)41-34(5,6)7)30(28-21-17-18-26(4)23-28)31(38)35-24-27-19-14-13-15-20-27/h13-15,17-21,23,25,29-30H,8-12,16,22,24H2,1-7H3,(H,35,38)(H,36,40). The molecule has 0 heterocycles. The average Bonchev–Trinajstić information content (AvgIpc) is 2.90. The largest absolute Gasteiger partial charge is 0.444 e. The summed E-state index contributed by atoms with van der Waals surface area (Å²) in [6, 6.07) is 15.8. The van der Waals surface area contributed by atoms with Gasteiger partial charge >= 0.3 is 6.09 Å². The van der Waals surface area contributed by atoms with Crippen LogP contribution in [0.2, 0.25) is 0 Å².